The Morgan fingerprint density at radius 3 is 2.92 bits per heavy atom. The van der Waals surface area contributed by atoms with E-state index >= 15 is 0 Å². The van der Waals surface area contributed by atoms with Gasteiger partial charge in [-0.05, 0) is 37.1 Å². The monoisotopic (exact) mass is 183 g/mol. The molecular formula is C11H21NO. The summed E-state index contributed by atoms with van der Waals surface area (Å²) in [6.07, 6.45) is 5.65. The quantitative estimate of drug-likeness (QED) is 0.701. The van der Waals surface area contributed by atoms with E-state index in [1.807, 2.05) is 0 Å². The Hall–Kier alpha value is -0.0800. The number of aliphatic hydroxyl groups excluding tert-OH is 1. The Bertz CT molecular complexity index is 183. The van der Waals surface area contributed by atoms with Crippen molar-refractivity contribution in [1.29, 1.82) is 0 Å². The van der Waals surface area contributed by atoms with Crippen LogP contribution in [0.5, 0.6) is 0 Å². The summed E-state index contributed by atoms with van der Waals surface area (Å²) < 4.78 is 0. The van der Waals surface area contributed by atoms with E-state index in [-0.39, 0.29) is 0 Å². The van der Waals surface area contributed by atoms with Gasteiger partial charge in [0.1, 0.15) is 0 Å². The maximum absolute atomic E-state index is 8.87. The summed E-state index contributed by atoms with van der Waals surface area (Å²) in [5.41, 5.74) is 0.647. The zero-order chi connectivity index (χ0) is 9.31. The number of hydrogen-bond donors (Lipinski definition) is 1. The first-order valence-electron chi connectivity index (χ1n) is 5.57. The average Bonchev–Trinajstić information content (AvgIpc) is 2.62. The van der Waals surface area contributed by atoms with E-state index in [1.165, 1.54) is 38.8 Å². The van der Waals surface area contributed by atoms with E-state index in [0.717, 1.165) is 12.5 Å². The molecule has 76 valence electrons. The highest BCUT2D eigenvalue weighted by molar-refractivity contribution is 4.94. The first kappa shape index (κ1) is 9.47. The Kier molecular flexibility index (Phi) is 2.61. The number of nitrogens with zero attached hydrogens (tertiary/aromatic N) is 1. The Balaban J connectivity index is 1.89. The highest BCUT2D eigenvalue weighted by atomic mass is 16.3. The molecule has 2 aliphatic rings. The molecular weight excluding hydrogens is 162 g/mol. The average molecular weight is 183 g/mol. The molecule has 2 rings (SSSR count). The van der Waals surface area contributed by atoms with Crippen LogP contribution in [0, 0.1) is 11.3 Å². The molecule has 0 bridgehead atoms. The second-order valence-electron chi connectivity index (χ2n) is 5.10. The molecule has 1 aliphatic carbocycles. The van der Waals surface area contributed by atoms with Crippen molar-refractivity contribution in [3.63, 3.8) is 0 Å². The van der Waals surface area contributed by atoms with Crippen LogP contribution in [0.2, 0.25) is 0 Å². The molecule has 2 atom stereocenters. The molecule has 1 spiro atoms. The fourth-order valence-electron chi connectivity index (χ4n) is 3.23. The minimum Gasteiger partial charge on any atom is -0.395 e. The topological polar surface area (TPSA) is 23.5 Å². The molecule has 1 N–H and O–H groups in total. The van der Waals surface area contributed by atoms with Crippen LogP contribution in [0.1, 0.15) is 32.6 Å². The molecule has 1 aliphatic heterocycles. The van der Waals surface area contributed by atoms with Crippen LogP contribution in [0.25, 0.3) is 0 Å². The fourth-order valence-corrected chi connectivity index (χ4v) is 3.23. The van der Waals surface area contributed by atoms with Gasteiger partial charge in [0.2, 0.25) is 0 Å². The highest BCUT2D eigenvalue weighted by Crippen LogP contribution is 2.47. The van der Waals surface area contributed by atoms with Gasteiger partial charge in [-0.15, -0.1) is 0 Å². The number of rotatable bonds is 2. The van der Waals surface area contributed by atoms with Gasteiger partial charge >= 0.3 is 0 Å². The van der Waals surface area contributed by atoms with E-state index in [2.05, 4.69) is 11.8 Å². The first-order chi connectivity index (χ1) is 6.24. The first-order valence-corrected chi connectivity index (χ1v) is 5.57. The van der Waals surface area contributed by atoms with Gasteiger partial charge in [0, 0.05) is 13.1 Å². The minimum atomic E-state index is 0.325. The van der Waals surface area contributed by atoms with Crippen molar-refractivity contribution >= 4 is 0 Å². The molecule has 0 amide bonds. The second kappa shape index (κ2) is 3.58. The minimum absolute atomic E-state index is 0.325. The molecule has 13 heavy (non-hydrogen) atoms. The summed E-state index contributed by atoms with van der Waals surface area (Å²) in [5, 5.41) is 8.87. The summed E-state index contributed by atoms with van der Waals surface area (Å²) in [4.78, 5) is 2.43. The Labute approximate surface area is 80.9 Å². The summed E-state index contributed by atoms with van der Waals surface area (Å²) in [7, 11) is 0. The van der Waals surface area contributed by atoms with Gasteiger partial charge in [-0.2, -0.15) is 0 Å². The van der Waals surface area contributed by atoms with Crippen molar-refractivity contribution in [2.75, 3.05) is 26.2 Å². The third-order valence-corrected chi connectivity index (χ3v) is 3.88. The molecule has 0 aromatic rings. The van der Waals surface area contributed by atoms with Crippen LogP contribution in [0.15, 0.2) is 0 Å². The molecule has 0 aromatic carbocycles. The number of aliphatic hydroxyl groups is 1. The number of hydrogen-bond acceptors (Lipinski definition) is 2. The van der Waals surface area contributed by atoms with E-state index in [9.17, 15) is 0 Å². The maximum atomic E-state index is 8.87. The number of likely N-dealkylation sites (tertiary alicyclic amines) is 1. The molecule has 0 radical (unpaired) electrons. The smallest absolute Gasteiger partial charge is 0.0558 e. The van der Waals surface area contributed by atoms with Gasteiger partial charge in [-0.3, -0.25) is 0 Å². The third-order valence-electron chi connectivity index (χ3n) is 3.88. The van der Waals surface area contributed by atoms with Gasteiger partial charge in [-0.25, -0.2) is 0 Å². The van der Waals surface area contributed by atoms with E-state index < -0.39 is 0 Å². The van der Waals surface area contributed by atoms with Crippen molar-refractivity contribution in [2.24, 2.45) is 11.3 Å². The van der Waals surface area contributed by atoms with Crippen LogP contribution in [0.4, 0.5) is 0 Å². The summed E-state index contributed by atoms with van der Waals surface area (Å²) in [6.45, 7) is 6.05. The molecule has 1 heterocycles. The van der Waals surface area contributed by atoms with Gasteiger partial charge in [-0.1, -0.05) is 13.3 Å². The Morgan fingerprint density at radius 1 is 1.46 bits per heavy atom. The van der Waals surface area contributed by atoms with Crippen molar-refractivity contribution in [3.05, 3.63) is 0 Å². The molecule has 1 saturated carbocycles. The van der Waals surface area contributed by atoms with E-state index in [4.69, 9.17) is 5.11 Å². The SMILES string of the molecule is CC1CCC2(CCN(CCO)C2)C1. The third kappa shape index (κ3) is 1.89. The fraction of sp³-hybridized carbons (Fsp3) is 1.00. The predicted molar refractivity (Wildman–Crippen MR) is 53.6 cm³/mol. The normalized spacial score (nSPS) is 40.6. The van der Waals surface area contributed by atoms with Gasteiger partial charge in [0.15, 0.2) is 0 Å². The molecule has 0 aromatic heterocycles. The van der Waals surface area contributed by atoms with Crippen molar-refractivity contribution in [2.45, 2.75) is 32.6 Å². The van der Waals surface area contributed by atoms with Gasteiger partial charge < -0.3 is 10.0 Å². The molecule has 2 fully saturated rings. The van der Waals surface area contributed by atoms with Crippen LogP contribution in [-0.2, 0) is 0 Å². The lowest BCUT2D eigenvalue weighted by molar-refractivity contribution is 0.199. The van der Waals surface area contributed by atoms with E-state index in [1.54, 1.807) is 0 Å². The van der Waals surface area contributed by atoms with Crippen molar-refractivity contribution in [1.82, 2.24) is 4.90 Å². The van der Waals surface area contributed by atoms with Crippen molar-refractivity contribution in [3.8, 4) is 0 Å². The molecule has 2 unspecified atom stereocenters. The lowest BCUT2D eigenvalue weighted by Crippen LogP contribution is -2.27. The largest absolute Gasteiger partial charge is 0.395 e. The van der Waals surface area contributed by atoms with Crippen LogP contribution >= 0.6 is 0 Å². The van der Waals surface area contributed by atoms with Gasteiger partial charge in [0.05, 0.1) is 6.61 Å². The summed E-state index contributed by atoms with van der Waals surface area (Å²) in [6, 6.07) is 0. The maximum Gasteiger partial charge on any atom is 0.0558 e. The zero-order valence-corrected chi connectivity index (χ0v) is 8.63. The molecule has 1 saturated heterocycles. The number of β-amino-alcohol motifs (C(OH)–C–C–N with tert-alkyl or cyclic N) is 1. The zero-order valence-electron chi connectivity index (χ0n) is 8.63. The van der Waals surface area contributed by atoms with Crippen LogP contribution < -0.4 is 0 Å². The standard InChI is InChI=1S/C11H21NO/c1-10-2-3-11(8-10)4-5-12(9-11)6-7-13/h10,13H,2-9H2,1H3. The van der Waals surface area contributed by atoms with E-state index in [0.29, 0.717) is 12.0 Å². The summed E-state index contributed by atoms with van der Waals surface area (Å²) >= 11 is 0. The second-order valence-corrected chi connectivity index (χ2v) is 5.10. The molecule has 2 nitrogen and oxygen atoms in total. The lowest BCUT2D eigenvalue weighted by Gasteiger charge is -2.23. The van der Waals surface area contributed by atoms with Crippen LogP contribution in [0.3, 0.4) is 0 Å². The van der Waals surface area contributed by atoms with Gasteiger partial charge in [0.25, 0.3) is 0 Å². The predicted octanol–water partition coefficient (Wildman–Crippen LogP) is 1.49. The highest BCUT2D eigenvalue weighted by Gasteiger charge is 2.42. The lowest BCUT2D eigenvalue weighted by atomic mass is 9.85. The molecule has 2 heteroatoms. The van der Waals surface area contributed by atoms with Crippen molar-refractivity contribution < 1.29 is 5.11 Å². The Morgan fingerprint density at radius 2 is 2.31 bits per heavy atom. The summed E-state index contributed by atoms with van der Waals surface area (Å²) in [5.74, 6) is 0.939. The van der Waals surface area contributed by atoms with Crippen LogP contribution in [-0.4, -0.2) is 36.2 Å².